The summed E-state index contributed by atoms with van der Waals surface area (Å²) in [5.74, 6) is 0.936. The number of hydrogen-bond donors (Lipinski definition) is 1. The summed E-state index contributed by atoms with van der Waals surface area (Å²) in [6.07, 6.45) is 5.08. The van der Waals surface area contributed by atoms with Gasteiger partial charge in [-0.2, -0.15) is 0 Å². The SMILES string of the molecule is CCCCCN1CC[C@H](c2ccccc2)[C@@H](CO)C1. The number of piperidine rings is 1. The first-order chi connectivity index (χ1) is 9.35. The van der Waals surface area contributed by atoms with Gasteiger partial charge >= 0.3 is 0 Å². The number of aliphatic hydroxyl groups excluding tert-OH is 1. The Labute approximate surface area is 117 Å². The van der Waals surface area contributed by atoms with Gasteiger partial charge in [0.2, 0.25) is 0 Å². The smallest absolute Gasteiger partial charge is 0.0477 e. The molecule has 0 amide bonds. The lowest BCUT2D eigenvalue weighted by Gasteiger charge is -2.38. The average Bonchev–Trinajstić information content (AvgIpc) is 2.48. The van der Waals surface area contributed by atoms with Gasteiger partial charge in [0.25, 0.3) is 0 Å². The van der Waals surface area contributed by atoms with Crippen LogP contribution in [0.2, 0.25) is 0 Å². The highest BCUT2D eigenvalue weighted by atomic mass is 16.3. The van der Waals surface area contributed by atoms with Gasteiger partial charge in [0.1, 0.15) is 0 Å². The van der Waals surface area contributed by atoms with Gasteiger partial charge in [-0.3, -0.25) is 0 Å². The summed E-state index contributed by atoms with van der Waals surface area (Å²) in [7, 11) is 0. The fourth-order valence-corrected chi connectivity index (χ4v) is 3.22. The first-order valence-electron chi connectivity index (χ1n) is 7.73. The van der Waals surface area contributed by atoms with Crippen LogP contribution in [0.1, 0.15) is 44.1 Å². The monoisotopic (exact) mass is 261 g/mol. The second-order valence-corrected chi connectivity index (χ2v) is 5.76. The van der Waals surface area contributed by atoms with E-state index in [4.69, 9.17) is 0 Å². The van der Waals surface area contributed by atoms with Crippen LogP contribution in [-0.2, 0) is 0 Å². The van der Waals surface area contributed by atoms with Crippen molar-refractivity contribution in [2.45, 2.75) is 38.5 Å². The molecular weight excluding hydrogens is 234 g/mol. The molecule has 1 aromatic carbocycles. The summed E-state index contributed by atoms with van der Waals surface area (Å²) >= 11 is 0. The Morgan fingerprint density at radius 2 is 2.00 bits per heavy atom. The number of unbranched alkanes of at least 4 members (excludes halogenated alkanes) is 2. The Morgan fingerprint density at radius 1 is 1.21 bits per heavy atom. The molecule has 1 aliphatic rings. The van der Waals surface area contributed by atoms with E-state index in [1.165, 1.54) is 44.3 Å². The number of nitrogens with zero attached hydrogens (tertiary/aromatic N) is 1. The molecule has 1 heterocycles. The molecule has 0 saturated carbocycles. The summed E-state index contributed by atoms with van der Waals surface area (Å²) in [6.45, 7) is 5.99. The first-order valence-corrected chi connectivity index (χ1v) is 7.73. The van der Waals surface area contributed by atoms with E-state index in [2.05, 4.69) is 42.2 Å². The van der Waals surface area contributed by atoms with E-state index in [0.717, 1.165) is 6.54 Å². The molecule has 2 nitrogen and oxygen atoms in total. The Hall–Kier alpha value is -0.860. The van der Waals surface area contributed by atoms with E-state index in [9.17, 15) is 5.11 Å². The number of likely N-dealkylation sites (tertiary alicyclic amines) is 1. The first kappa shape index (κ1) is 14.5. The third kappa shape index (κ3) is 4.05. The zero-order valence-corrected chi connectivity index (χ0v) is 12.1. The molecule has 1 aromatic rings. The minimum absolute atomic E-state index is 0.309. The van der Waals surface area contributed by atoms with Gasteiger partial charge in [-0.15, -0.1) is 0 Å². The minimum Gasteiger partial charge on any atom is -0.396 e. The summed E-state index contributed by atoms with van der Waals surface area (Å²) in [5.41, 5.74) is 1.40. The van der Waals surface area contributed by atoms with E-state index in [0.29, 0.717) is 18.4 Å². The maximum atomic E-state index is 9.69. The van der Waals surface area contributed by atoms with Gasteiger partial charge in [-0.1, -0.05) is 50.1 Å². The van der Waals surface area contributed by atoms with Gasteiger partial charge in [-0.25, -0.2) is 0 Å². The van der Waals surface area contributed by atoms with Crippen molar-refractivity contribution in [2.75, 3.05) is 26.2 Å². The second-order valence-electron chi connectivity index (χ2n) is 5.76. The molecule has 1 N–H and O–H groups in total. The maximum Gasteiger partial charge on any atom is 0.0477 e. The Balaban J connectivity index is 1.91. The van der Waals surface area contributed by atoms with Crippen LogP contribution < -0.4 is 0 Å². The van der Waals surface area contributed by atoms with E-state index >= 15 is 0 Å². The van der Waals surface area contributed by atoms with Crippen LogP contribution in [-0.4, -0.2) is 36.2 Å². The van der Waals surface area contributed by atoms with Crippen molar-refractivity contribution in [1.29, 1.82) is 0 Å². The van der Waals surface area contributed by atoms with Crippen molar-refractivity contribution >= 4 is 0 Å². The highest BCUT2D eigenvalue weighted by Gasteiger charge is 2.29. The highest BCUT2D eigenvalue weighted by molar-refractivity contribution is 5.21. The Morgan fingerprint density at radius 3 is 2.68 bits per heavy atom. The van der Waals surface area contributed by atoms with Gasteiger partial charge in [0, 0.05) is 19.1 Å². The molecule has 0 aliphatic carbocycles. The van der Waals surface area contributed by atoms with Gasteiger partial charge < -0.3 is 10.0 Å². The van der Waals surface area contributed by atoms with Crippen LogP contribution in [0.4, 0.5) is 0 Å². The molecule has 2 heteroatoms. The molecule has 19 heavy (non-hydrogen) atoms. The molecule has 2 rings (SSSR count). The summed E-state index contributed by atoms with van der Waals surface area (Å²) < 4.78 is 0. The van der Waals surface area contributed by atoms with E-state index in [-0.39, 0.29) is 0 Å². The van der Waals surface area contributed by atoms with Crippen LogP contribution >= 0.6 is 0 Å². The standard InChI is InChI=1S/C17H27NO/c1-2-3-7-11-18-12-10-17(16(13-18)14-19)15-8-5-4-6-9-15/h4-6,8-9,16-17,19H,2-3,7,10-14H2,1H3/t16-,17-/m1/s1. The van der Waals surface area contributed by atoms with Crippen molar-refractivity contribution in [2.24, 2.45) is 5.92 Å². The zero-order chi connectivity index (χ0) is 13.5. The van der Waals surface area contributed by atoms with Gasteiger partial charge in [-0.05, 0) is 37.4 Å². The predicted octanol–water partition coefficient (Wildman–Crippen LogP) is 3.27. The van der Waals surface area contributed by atoms with E-state index in [1.54, 1.807) is 0 Å². The fourth-order valence-electron chi connectivity index (χ4n) is 3.22. The van der Waals surface area contributed by atoms with Crippen LogP contribution in [0.25, 0.3) is 0 Å². The molecule has 1 saturated heterocycles. The molecular formula is C17H27NO. The van der Waals surface area contributed by atoms with Crippen molar-refractivity contribution in [3.05, 3.63) is 35.9 Å². The third-order valence-corrected chi connectivity index (χ3v) is 4.36. The van der Waals surface area contributed by atoms with Crippen LogP contribution in [0, 0.1) is 5.92 Å². The molecule has 0 aromatic heterocycles. The number of aliphatic hydroxyl groups is 1. The molecule has 1 aliphatic heterocycles. The summed E-state index contributed by atoms with van der Waals surface area (Å²) in [4.78, 5) is 2.54. The predicted molar refractivity (Wildman–Crippen MR) is 80.3 cm³/mol. The topological polar surface area (TPSA) is 23.5 Å². The third-order valence-electron chi connectivity index (χ3n) is 4.36. The molecule has 0 spiro atoms. The summed E-state index contributed by atoms with van der Waals surface area (Å²) in [6, 6.07) is 10.7. The number of benzene rings is 1. The largest absolute Gasteiger partial charge is 0.396 e. The fraction of sp³-hybridized carbons (Fsp3) is 0.647. The maximum absolute atomic E-state index is 9.69. The van der Waals surface area contributed by atoms with Crippen molar-refractivity contribution in [1.82, 2.24) is 4.90 Å². The lowest BCUT2D eigenvalue weighted by molar-refractivity contribution is 0.101. The second kappa shape index (κ2) is 7.66. The number of hydrogen-bond acceptors (Lipinski definition) is 2. The quantitative estimate of drug-likeness (QED) is 0.794. The van der Waals surface area contributed by atoms with Crippen molar-refractivity contribution < 1.29 is 5.11 Å². The Kier molecular flexibility index (Phi) is 5.87. The lowest BCUT2D eigenvalue weighted by atomic mass is 9.81. The molecule has 1 fully saturated rings. The lowest BCUT2D eigenvalue weighted by Crippen LogP contribution is -2.41. The molecule has 106 valence electrons. The average molecular weight is 261 g/mol. The molecule has 0 bridgehead atoms. The van der Waals surface area contributed by atoms with Crippen molar-refractivity contribution in [3.63, 3.8) is 0 Å². The number of rotatable bonds is 6. The van der Waals surface area contributed by atoms with Crippen LogP contribution in [0.15, 0.2) is 30.3 Å². The molecule has 0 unspecified atom stereocenters. The van der Waals surface area contributed by atoms with Gasteiger partial charge in [0.05, 0.1) is 0 Å². The molecule has 0 radical (unpaired) electrons. The zero-order valence-electron chi connectivity index (χ0n) is 12.1. The normalized spacial score (nSPS) is 24.5. The summed E-state index contributed by atoms with van der Waals surface area (Å²) in [5, 5.41) is 9.69. The van der Waals surface area contributed by atoms with E-state index < -0.39 is 0 Å². The van der Waals surface area contributed by atoms with Crippen LogP contribution in [0.5, 0.6) is 0 Å². The van der Waals surface area contributed by atoms with Crippen molar-refractivity contribution in [3.8, 4) is 0 Å². The van der Waals surface area contributed by atoms with Gasteiger partial charge in [0.15, 0.2) is 0 Å². The highest BCUT2D eigenvalue weighted by Crippen LogP contribution is 2.32. The van der Waals surface area contributed by atoms with Crippen LogP contribution in [0.3, 0.4) is 0 Å². The molecule has 2 atom stereocenters. The minimum atomic E-state index is 0.309. The van der Waals surface area contributed by atoms with E-state index in [1.807, 2.05) is 0 Å². The Bertz CT molecular complexity index is 352.